The van der Waals surface area contributed by atoms with E-state index < -0.39 is 5.97 Å². The van der Waals surface area contributed by atoms with Gasteiger partial charge in [0.2, 0.25) is 0 Å². The van der Waals surface area contributed by atoms with Gasteiger partial charge in [-0.2, -0.15) is 0 Å². The molecule has 1 aromatic rings. The number of carboxylic acid groups (broad SMARTS) is 1. The van der Waals surface area contributed by atoms with Gasteiger partial charge in [-0.15, -0.1) is 0 Å². The van der Waals surface area contributed by atoms with Crippen LogP contribution >= 0.6 is 0 Å². The first kappa shape index (κ1) is 15.8. The summed E-state index contributed by atoms with van der Waals surface area (Å²) in [4.78, 5) is 15.4. The molecule has 0 aliphatic carbocycles. The van der Waals surface area contributed by atoms with Crippen LogP contribution in [0.2, 0.25) is 0 Å². The standard InChI is InChI=1S/C15H19NO4/c1-3-10-19-14-9-5-4-7-13(14)8-6-11-20-16-12(2)15(17)18/h4-9,16H,2-3,10-11H2,1H3,(H,17,18). The molecule has 0 fully saturated rings. The van der Waals surface area contributed by atoms with Crippen molar-refractivity contribution in [3.63, 3.8) is 0 Å². The van der Waals surface area contributed by atoms with E-state index in [2.05, 4.69) is 12.1 Å². The number of hydrogen-bond donors (Lipinski definition) is 2. The van der Waals surface area contributed by atoms with Crippen molar-refractivity contribution in [3.05, 3.63) is 48.2 Å². The van der Waals surface area contributed by atoms with Gasteiger partial charge in [0.1, 0.15) is 11.4 Å². The van der Waals surface area contributed by atoms with E-state index in [4.69, 9.17) is 14.7 Å². The van der Waals surface area contributed by atoms with E-state index >= 15 is 0 Å². The Morgan fingerprint density at radius 2 is 2.20 bits per heavy atom. The molecular formula is C15H19NO4. The van der Waals surface area contributed by atoms with Gasteiger partial charge < -0.3 is 9.84 Å². The lowest BCUT2D eigenvalue weighted by molar-refractivity contribution is -0.134. The molecule has 0 saturated heterocycles. The van der Waals surface area contributed by atoms with Gasteiger partial charge >= 0.3 is 5.97 Å². The Hall–Kier alpha value is -2.27. The number of ether oxygens (including phenoxy) is 1. The second-order valence-electron chi connectivity index (χ2n) is 3.99. The maximum absolute atomic E-state index is 10.5. The van der Waals surface area contributed by atoms with Crippen molar-refractivity contribution in [1.82, 2.24) is 5.48 Å². The number of carbonyl (C=O) groups is 1. The van der Waals surface area contributed by atoms with Gasteiger partial charge in [-0.3, -0.25) is 10.3 Å². The Labute approximate surface area is 118 Å². The lowest BCUT2D eigenvalue weighted by atomic mass is 10.2. The summed E-state index contributed by atoms with van der Waals surface area (Å²) in [5, 5.41) is 8.56. The lowest BCUT2D eigenvalue weighted by Gasteiger charge is -2.07. The molecule has 0 radical (unpaired) electrons. The van der Waals surface area contributed by atoms with Gasteiger partial charge in [-0.05, 0) is 12.5 Å². The smallest absolute Gasteiger partial charge is 0.353 e. The van der Waals surface area contributed by atoms with Crippen LogP contribution in [-0.4, -0.2) is 24.3 Å². The van der Waals surface area contributed by atoms with Gasteiger partial charge in [-0.1, -0.05) is 43.9 Å². The maximum Gasteiger partial charge on any atom is 0.353 e. The van der Waals surface area contributed by atoms with Crippen LogP contribution in [0.4, 0.5) is 0 Å². The van der Waals surface area contributed by atoms with Crippen LogP contribution in [0.15, 0.2) is 42.6 Å². The van der Waals surface area contributed by atoms with Gasteiger partial charge in [0.15, 0.2) is 0 Å². The van der Waals surface area contributed by atoms with Crippen LogP contribution in [0.3, 0.4) is 0 Å². The molecular weight excluding hydrogens is 258 g/mol. The first-order valence-electron chi connectivity index (χ1n) is 6.33. The van der Waals surface area contributed by atoms with Crippen molar-refractivity contribution in [2.45, 2.75) is 13.3 Å². The Kier molecular flexibility index (Phi) is 6.92. The molecule has 5 nitrogen and oxygen atoms in total. The largest absolute Gasteiger partial charge is 0.493 e. The summed E-state index contributed by atoms with van der Waals surface area (Å²) in [6, 6.07) is 7.67. The first-order chi connectivity index (χ1) is 9.65. The molecule has 0 amide bonds. The van der Waals surface area contributed by atoms with E-state index in [9.17, 15) is 4.79 Å². The first-order valence-corrected chi connectivity index (χ1v) is 6.33. The topological polar surface area (TPSA) is 67.8 Å². The summed E-state index contributed by atoms with van der Waals surface area (Å²) in [5.74, 6) is -0.333. The summed E-state index contributed by atoms with van der Waals surface area (Å²) < 4.78 is 5.61. The Bertz CT molecular complexity index is 483. The van der Waals surface area contributed by atoms with Crippen molar-refractivity contribution in [1.29, 1.82) is 0 Å². The van der Waals surface area contributed by atoms with Crippen molar-refractivity contribution in [2.75, 3.05) is 13.2 Å². The number of hydroxylamine groups is 1. The third kappa shape index (κ3) is 5.58. The van der Waals surface area contributed by atoms with E-state index in [1.807, 2.05) is 37.3 Å². The molecule has 0 heterocycles. The minimum Gasteiger partial charge on any atom is -0.493 e. The highest BCUT2D eigenvalue weighted by atomic mass is 16.6. The van der Waals surface area contributed by atoms with Crippen LogP contribution in [0.5, 0.6) is 5.75 Å². The average Bonchev–Trinajstić information content (AvgIpc) is 2.45. The van der Waals surface area contributed by atoms with Crippen LogP contribution in [-0.2, 0) is 9.63 Å². The van der Waals surface area contributed by atoms with E-state index in [1.165, 1.54) is 0 Å². The van der Waals surface area contributed by atoms with E-state index in [1.54, 1.807) is 6.08 Å². The molecule has 0 atom stereocenters. The number of rotatable bonds is 9. The predicted octanol–water partition coefficient (Wildman–Crippen LogP) is 2.61. The number of para-hydroxylation sites is 1. The second-order valence-corrected chi connectivity index (χ2v) is 3.99. The van der Waals surface area contributed by atoms with Gasteiger partial charge in [0.25, 0.3) is 0 Å². The van der Waals surface area contributed by atoms with E-state index in [-0.39, 0.29) is 12.3 Å². The molecule has 20 heavy (non-hydrogen) atoms. The summed E-state index contributed by atoms with van der Waals surface area (Å²) in [6.07, 6.45) is 4.56. The fourth-order valence-corrected chi connectivity index (χ4v) is 1.36. The Morgan fingerprint density at radius 1 is 1.45 bits per heavy atom. The Morgan fingerprint density at radius 3 is 2.90 bits per heavy atom. The minimum atomic E-state index is -1.15. The molecule has 0 unspecified atom stereocenters. The lowest BCUT2D eigenvalue weighted by Crippen LogP contribution is -2.19. The number of nitrogens with one attached hydrogen (secondary N) is 1. The quantitative estimate of drug-likeness (QED) is 0.412. The summed E-state index contributed by atoms with van der Waals surface area (Å²) in [7, 11) is 0. The van der Waals surface area contributed by atoms with Gasteiger partial charge in [0.05, 0.1) is 13.2 Å². The maximum atomic E-state index is 10.5. The number of hydrogen-bond acceptors (Lipinski definition) is 4. The molecule has 0 spiro atoms. The van der Waals surface area contributed by atoms with Crippen molar-refractivity contribution in [3.8, 4) is 5.75 Å². The number of aliphatic carboxylic acids is 1. The minimum absolute atomic E-state index is 0.204. The predicted molar refractivity (Wildman–Crippen MR) is 77.1 cm³/mol. The monoisotopic (exact) mass is 277 g/mol. The average molecular weight is 277 g/mol. The molecule has 0 saturated carbocycles. The summed E-state index contributed by atoms with van der Waals surface area (Å²) >= 11 is 0. The van der Waals surface area contributed by atoms with E-state index in [0.29, 0.717) is 6.61 Å². The van der Waals surface area contributed by atoms with Crippen LogP contribution < -0.4 is 10.2 Å². The normalized spacial score (nSPS) is 10.4. The zero-order valence-electron chi connectivity index (χ0n) is 11.5. The van der Waals surface area contributed by atoms with Crippen LogP contribution in [0, 0.1) is 0 Å². The summed E-state index contributed by atoms with van der Waals surface area (Å²) in [6.45, 7) is 6.21. The molecule has 0 aliphatic heterocycles. The summed E-state index contributed by atoms with van der Waals surface area (Å²) in [5.41, 5.74) is 2.98. The second kappa shape index (κ2) is 8.77. The van der Waals surface area contributed by atoms with Crippen LogP contribution in [0.1, 0.15) is 18.9 Å². The zero-order valence-corrected chi connectivity index (χ0v) is 11.5. The molecule has 0 aromatic heterocycles. The molecule has 1 aromatic carbocycles. The third-order valence-electron chi connectivity index (χ3n) is 2.31. The highest BCUT2D eigenvalue weighted by molar-refractivity contribution is 5.84. The zero-order chi connectivity index (χ0) is 14.8. The number of carboxylic acids is 1. The fraction of sp³-hybridized carbons (Fsp3) is 0.267. The van der Waals surface area contributed by atoms with E-state index in [0.717, 1.165) is 17.7 Å². The van der Waals surface area contributed by atoms with Crippen molar-refractivity contribution >= 4 is 12.0 Å². The van der Waals surface area contributed by atoms with Gasteiger partial charge in [0, 0.05) is 5.56 Å². The molecule has 2 N–H and O–H groups in total. The van der Waals surface area contributed by atoms with Crippen molar-refractivity contribution in [2.24, 2.45) is 0 Å². The SMILES string of the molecule is C=C(NOCC=Cc1ccccc1OCCC)C(=O)O. The third-order valence-corrected chi connectivity index (χ3v) is 2.31. The highest BCUT2D eigenvalue weighted by Gasteiger charge is 2.01. The molecule has 0 bridgehead atoms. The van der Waals surface area contributed by atoms with Crippen molar-refractivity contribution < 1.29 is 19.5 Å². The van der Waals surface area contributed by atoms with Gasteiger partial charge in [-0.25, -0.2) is 4.79 Å². The molecule has 1 rings (SSSR count). The Balaban J connectivity index is 2.45. The highest BCUT2D eigenvalue weighted by Crippen LogP contribution is 2.19. The molecule has 5 heteroatoms. The fourth-order valence-electron chi connectivity index (χ4n) is 1.36. The van der Waals surface area contributed by atoms with Crippen LogP contribution in [0.25, 0.3) is 6.08 Å². The number of benzene rings is 1. The molecule has 0 aliphatic rings. The molecule has 108 valence electrons.